The Balaban J connectivity index is 1.66. The Bertz CT molecular complexity index is 1050. The minimum Gasteiger partial charge on any atom is -0.389 e. The predicted molar refractivity (Wildman–Crippen MR) is 94.5 cm³/mol. The van der Waals surface area contributed by atoms with Crippen LogP contribution in [-0.4, -0.2) is 53.2 Å². The van der Waals surface area contributed by atoms with E-state index in [1.54, 1.807) is 24.4 Å². The summed E-state index contributed by atoms with van der Waals surface area (Å²) < 4.78 is 39.6. The van der Waals surface area contributed by atoms with Crippen LogP contribution in [0.25, 0.3) is 22.0 Å². The van der Waals surface area contributed by atoms with E-state index < -0.39 is 22.2 Å². The summed E-state index contributed by atoms with van der Waals surface area (Å²) in [4.78, 5) is 3.10. The van der Waals surface area contributed by atoms with Gasteiger partial charge in [0.1, 0.15) is 5.82 Å². The number of halogens is 1. The number of hydrogen-bond donors (Lipinski definition) is 3. The van der Waals surface area contributed by atoms with E-state index in [-0.39, 0.29) is 23.8 Å². The van der Waals surface area contributed by atoms with E-state index in [9.17, 15) is 23.0 Å². The van der Waals surface area contributed by atoms with Gasteiger partial charge in [-0.2, -0.15) is 4.31 Å². The number of β-amino-alcohol motifs (C(OH)–C–C–N with tert-alkyl or cyclic N) is 2. The molecule has 0 saturated carbocycles. The van der Waals surface area contributed by atoms with Gasteiger partial charge >= 0.3 is 0 Å². The predicted octanol–water partition coefficient (Wildman–Crippen LogP) is 1.70. The van der Waals surface area contributed by atoms with Crippen LogP contribution in [0.4, 0.5) is 4.39 Å². The maximum absolute atomic E-state index is 13.3. The van der Waals surface area contributed by atoms with Gasteiger partial charge in [0.2, 0.25) is 10.0 Å². The molecule has 4 rings (SSSR count). The molecular weight excluding hydrogens is 359 g/mol. The number of aromatic nitrogens is 1. The molecule has 2 aromatic carbocycles. The number of nitrogens with zero attached hydrogens (tertiary/aromatic N) is 1. The molecule has 0 amide bonds. The molecule has 26 heavy (non-hydrogen) atoms. The molecule has 2 atom stereocenters. The standard InChI is InChI=1S/C18H17FN2O4S/c19-12-3-6-14-15(8-20-16(14)7-12)11-1-4-13(5-2-11)26(24,25)21-9-17(22)18(23)10-21/h1-8,17-18,20,22-23H,9-10H2/t17-,18-/m1/s1. The Kier molecular flexibility index (Phi) is 4.07. The normalized spacial score (nSPS) is 21.5. The van der Waals surface area contributed by atoms with E-state index >= 15 is 0 Å². The quantitative estimate of drug-likeness (QED) is 0.649. The van der Waals surface area contributed by atoms with Crippen molar-refractivity contribution < 1.29 is 23.0 Å². The average molecular weight is 376 g/mol. The van der Waals surface area contributed by atoms with Gasteiger partial charge in [0, 0.05) is 35.8 Å². The smallest absolute Gasteiger partial charge is 0.243 e. The Labute approximate surface area is 149 Å². The summed E-state index contributed by atoms with van der Waals surface area (Å²) in [5.74, 6) is -0.331. The highest BCUT2D eigenvalue weighted by Crippen LogP contribution is 2.30. The second-order valence-electron chi connectivity index (χ2n) is 6.37. The molecule has 1 aromatic heterocycles. The number of hydrogen-bond acceptors (Lipinski definition) is 4. The lowest BCUT2D eigenvalue weighted by atomic mass is 10.1. The van der Waals surface area contributed by atoms with Gasteiger partial charge in [-0.05, 0) is 35.9 Å². The van der Waals surface area contributed by atoms with E-state index in [1.165, 1.54) is 24.3 Å². The number of aromatic amines is 1. The van der Waals surface area contributed by atoms with Gasteiger partial charge in [0.25, 0.3) is 0 Å². The molecule has 3 aromatic rings. The first-order valence-corrected chi connectivity index (χ1v) is 9.53. The van der Waals surface area contributed by atoms with Crippen molar-refractivity contribution in [2.45, 2.75) is 17.1 Å². The molecule has 0 bridgehead atoms. The summed E-state index contributed by atoms with van der Waals surface area (Å²) in [6, 6.07) is 10.8. The summed E-state index contributed by atoms with van der Waals surface area (Å²) in [6.07, 6.45) is -0.396. The average Bonchev–Trinajstić information content (AvgIpc) is 3.18. The van der Waals surface area contributed by atoms with Crippen LogP contribution in [0.15, 0.2) is 53.6 Å². The van der Waals surface area contributed by atoms with Crippen molar-refractivity contribution in [1.29, 1.82) is 0 Å². The van der Waals surface area contributed by atoms with Crippen LogP contribution in [0.2, 0.25) is 0 Å². The topological polar surface area (TPSA) is 93.6 Å². The van der Waals surface area contributed by atoms with Crippen molar-refractivity contribution >= 4 is 20.9 Å². The zero-order valence-corrected chi connectivity index (χ0v) is 14.4. The van der Waals surface area contributed by atoms with Gasteiger partial charge < -0.3 is 15.2 Å². The van der Waals surface area contributed by atoms with Crippen molar-refractivity contribution in [2.75, 3.05) is 13.1 Å². The Morgan fingerprint density at radius 3 is 2.35 bits per heavy atom. The Hall–Kier alpha value is -2.26. The van der Waals surface area contributed by atoms with Gasteiger partial charge in [0.05, 0.1) is 17.1 Å². The van der Waals surface area contributed by atoms with E-state index in [4.69, 9.17) is 0 Å². The highest BCUT2D eigenvalue weighted by atomic mass is 32.2. The minimum absolute atomic E-state index is 0.0911. The fourth-order valence-corrected chi connectivity index (χ4v) is 4.70. The lowest BCUT2D eigenvalue weighted by Gasteiger charge is -2.15. The molecule has 0 spiro atoms. The fourth-order valence-electron chi connectivity index (χ4n) is 3.22. The first-order valence-electron chi connectivity index (χ1n) is 8.09. The van der Waals surface area contributed by atoms with E-state index in [0.29, 0.717) is 5.52 Å². The van der Waals surface area contributed by atoms with Gasteiger partial charge in [-0.15, -0.1) is 0 Å². The van der Waals surface area contributed by atoms with Crippen LogP contribution in [0.3, 0.4) is 0 Å². The van der Waals surface area contributed by atoms with Crippen LogP contribution in [0.5, 0.6) is 0 Å². The SMILES string of the molecule is O=S(=O)(c1ccc(-c2c[nH]c3cc(F)ccc23)cc1)N1C[C@@H](O)[C@H](O)C1. The molecule has 1 fully saturated rings. The molecule has 2 heterocycles. The van der Waals surface area contributed by atoms with Gasteiger partial charge in [-0.3, -0.25) is 0 Å². The molecule has 3 N–H and O–H groups in total. The number of aliphatic hydroxyl groups is 2. The van der Waals surface area contributed by atoms with Gasteiger partial charge in [-0.1, -0.05) is 12.1 Å². The number of nitrogens with one attached hydrogen (secondary N) is 1. The molecule has 136 valence electrons. The second-order valence-corrected chi connectivity index (χ2v) is 8.31. The van der Waals surface area contributed by atoms with E-state index in [2.05, 4.69) is 4.98 Å². The summed E-state index contributed by atoms with van der Waals surface area (Å²) >= 11 is 0. The van der Waals surface area contributed by atoms with Crippen molar-refractivity contribution in [3.05, 3.63) is 54.5 Å². The number of H-pyrrole nitrogens is 1. The molecule has 1 aliphatic heterocycles. The van der Waals surface area contributed by atoms with E-state index in [1.807, 2.05) is 0 Å². The third kappa shape index (κ3) is 2.80. The highest BCUT2D eigenvalue weighted by Gasteiger charge is 2.37. The van der Waals surface area contributed by atoms with Crippen molar-refractivity contribution in [3.63, 3.8) is 0 Å². The van der Waals surface area contributed by atoms with Crippen molar-refractivity contribution in [1.82, 2.24) is 9.29 Å². The lowest BCUT2D eigenvalue weighted by molar-refractivity contribution is 0.0572. The Morgan fingerprint density at radius 1 is 1.04 bits per heavy atom. The zero-order chi connectivity index (χ0) is 18.5. The van der Waals surface area contributed by atoms with Crippen LogP contribution >= 0.6 is 0 Å². The number of sulfonamides is 1. The molecule has 1 aliphatic rings. The first-order chi connectivity index (χ1) is 12.4. The molecular formula is C18H17FN2O4S. The largest absolute Gasteiger partial charge is 0.389 e. The van der Waals surface area contributed by atoms with E-state index in [0.717, 1.165) is 20.8 Å². The van der Waals surface area contributed by atoms with Gasteiger partial charge in [-0.25, -0.2) is 12.8 Å². The van der Waals surface area contributed by atoms with Crippen molar-refractivity contribution in [3.8, 4) is 11.1 Å². The maximum atomic E-state index is 13.3. The van der Waals surface area contributed by atoms with Crippen LogP contribution < -0.4 is 0 Å². The summed E-state index contributed by atoms with van der Waals surface area (Å²) in [6.45, 7) is -0.251. The number of aliphatic hydroxyl groups excluding tert-OH is 2. The van der Waals surface area contributed by atoms with Crippen LogP contribution in [-0.2, 0) is 10.0 Å². The first kappa shape index (κ1) is 17.2. The third-order valence-electron chi connectivity index (χ3n) is 4.67. The number of rotatable bonds is 3. The zero-order valence-electron chi connectivity index (χ0n) is 13.6. The van der Waals surface area contributed by atoms with Gasteiger partial charge in [0.15, 0.2) is 0 Å². The minimum atomic E-state index is -3.78. The molecule has 1 saturated heterocycles. The molecule has 0 aliphatic carbocycles. The molecule has 6 nitrogen and oxygen atoms in total. The molecule has 0 radical (unpaired) electrons. The number of fused-ring (bicyclic) bond motifs is 1. The monoisotopic (exact) mass is 376 g/mol. The van der Waals surface area contributed by atoms with Crippen LogP contribution in [0, 0.1) is 5.82 Å². The van der Waals surface area contributed by atoms with Crippen molar-refractivity contribution in [2.24, 2.45) is 0 Å². The highest BCUT2D eigenvalue weighted by molar-refractivity contribution is 7.89. The second kappa shape index (κ2) is 6.17. The molecule has 0 unspecified atom stereocenters. The molecule has 8 heteroatoms. The lowest BCUT2D eigenvalue weighted by Crippen LogP contribution is -2.29. The summed E-state index contributed by atoms with van der Waals surface area (Å²) in [7, 11) is -3.78. The fraction of sp³-hybridized carbons (Fsp3) is 0.222. The third-order valence-corrected chi connectivity index (χ3v) is 6.52. The maximum Gasteiger partial charge on any atom is 0.243 e. The summed E-state index contributed by atoms with van der Waals surface area (Å²) in [5.41, 5.74) is 2.30. The Morgan fingerprint density at radius 2 is 1.69 bits per heavy atom. The number of benzene rings is 2. The van der Waals surface area contributed by atoms with Crippen LogP contribution in [0.1, 0.15) is 0 Å². The summed E-state index contributed by atoms with van der Waals surface area (Å²) in [5, 5.41) is 20.0.